The summed E-state index contributed by atoms with van der Waals surface area (Å²) in [4.78, 5) is 0. The Labute approximate surface area is 120 Å². The smallest absolute Gasteiger partial charge is 0.406 e. The Morgan fingerprint density at radius 2 is 1.90 bits per heavy atom. The molecule has 0 amide bonds. The van der Waals surface area contributed by atoms with Gasteiger partial charge < -0.3 is 10.5 Å². The third-order valence-electron chi connectivity index (χ3n) is 2.94. The van der Waals surface area contributed by atoms with E-state index in [1.54, 1.807) is 10.9 Å². The molecule has 0 aliphatic carbocycles. The average molecular weight is 299 g/mol. The van der Waals surface area contributed by atoms with E-state index < -0.39 is 12.4 Å². The van der Waals surface area contributed by atoms with E-state index in [0.717, 1.165) is 18.5 Å². The second-order valence-electron chi connectivity index (χ2n) is 4.63. The van der Waals surface area contributed by atoms with Gasteiger partial charge in [-0.25, -0.2) is 0 Å². The summed E-state index contributed by atoms with van der Waals surface area (Å²) < 4.78 is 41.9. The van der Waals surface area contributed by atoms with Crippen LogP contribution in [0.4, 0.5) is 13.2 Å². The van der Waals surface area contributed by atoms with Crippen LogP contribution in [0.3, 0.4) is 0 Å². The number of aromatic nitrogens is 2. The lowest BCUT2D eigenvalue weighted by Gasteiger charge is -2.12. The molecular weight excluding hydrogens is 283 g/mol. The maximum absolute atomic E-state index is 12.1. The molecule has 114 valence electrons. The van der Waals surface area contributed by atoms with Gasteiger partial charge in [0.2, 0.25) is 0 Å². The fourth-order valence-corrected chi connectivity index (χ4v) is 1.96. The molecule has 1 aromatic heterocycles. The first-order chi connectivity index (χ1) is 9.89. The molecule has 0 fully saturated rings. The zero-order valence-electron chi connectivity index (χ0n) is 11.5. The van der Waals surface area contributed by atoms with Crippen LogP contribution in [0.25, 0.3) is 0 Å². The number of ether oxygens (including phenoxy) is 1. The zero-order valence-corrected chi connectivity index (χ0v) is 11.5. The molecule has 0 saturated heterocycles. The molecule has 7 heteroatoms. The summed E-state index contributed by atoms with van der Waals surface area (Å²) in [5.74, 6) is -0.264. The Morgan fingerprint density at radius 1 is 1.24 bits per heavy atom. The predicted octanol–water partition coefficient (Wildman–Crippen LogP) is 3.24. The van der Waals surface area contributed by atoms with Gasteiger partial charge in [0.15, 0.2) is 0 Å². The van der Waals surface area contributed by atoms with Crippen molar-refractivity contribution >= 4 is 0 Å². The van der Waals surface area contributed by atoms with Crippen LogP contribution in [0.2, 0.25) is 0 Å². The lowest BCUT2D eigenvalue weighted by atomic mass is 10.0. The van der Waals surface area contributed by atoms with Gasteiger partial charge >= 0.3 is 6.36 Å². The van der Waals surface area contributed by atoms with Crippen molar-refractivity contribution in [3.05, 3.63) is 47.8 Å². The molecule has 1 unspecified atom stereocenters. The van der Waals surface area contributed by atoms with Crippen molar-refractivity contribution in [2.75, 3.05) is 0 Å². The predicted molar refractivity (Wildman–Crippen MR) is 71.7 cm³/mol. The van der Waals surface area contributed by atoms with Crippen LogP contribution < -0.4 is 10.5 Å². The number of nitrogens with zero attached hydrogens (tertiary/aromatic N) is 2. The van der Waals surface area contributed by atoms with Crippen molar-refractivity contribution in [3.8, 4) is 5.75 Å². The third-order valence-corrected chi connectivity index (χ3v) is 2.94. The van der Waals surface area contributed by atoms with Crippen molar-refractivity contribution in [2.24, 2.45) is 5.73 Å². The molecule has 2 rings (SSSR count). The Kier molecular flexibility index (Phi) is 4.52. The van der Waals surface area contributed by atoms with Gasteiger partial charge in [0, 0.05) is 18.3 Å². The number of rotatable bonds is 5. The highest BCUT2D eigenvalue weighted by Gasteiger charge is 2.31. The standard InChI is InChI=1S/C14H16F3N3O/c1-2-7-20-9-11(8-19-20)13(18)10-3-5-12(6-4-10)21-14(15,16)17/h3-6,8-9,13H,2,7,18H2,1H3. The minimum absolute atomic E-state index is 0.264. The van der Waals surface area contributed by atoms with E-state index in [1.165, 1.54) is 24.3 Å². The minimum Gasteiger partial charge on any atom is -0.406 e. The Bertz CT molecular complexity index is 578. The average Bonchev–Trinajstić information content (AvgIpc) is 2.86. The van der Waals surface area contributed by atoms with Gasteiger partial charge in [0.25, 0.3) is 0 Å². The second-order valence-corrected chi connectivity index (χ2v) is 4.63. The summed E-state index contributed by atoms with van der Waals surface area (Å²) in [5, 5.41) is 4.18. The molecule has 4 nitrogen and oxygen atoms in total. The van der Waals surface area contributed by atoms with Gasteiger partial charge in [-0.1, -0.05) is 19.1 Å². The number of hydrogen-bond acceptors (Lipinski definition) is 3. The fraction of sp³-hybridized carbons (Fsp3) is 0.357. The zero-order chi connectivity index (χ0) is 15.5. The number of alkyl halides is 3. The maximum atomic E-state index is 12.1. The molecule has 1 atom stereocenters. The minimum atomic E-state index is -4.69. The van der Waals surface area contributed by atoms with Crippen LogP contribution in [0.1, 0.15) is 30.5 Å². The molecule has 2 N–H and O–H groups in total. The van der Waals surface area contributed by atoms with E-state index >= 15 is 0 Å². The van der Waals surface area contributed by atoms with Gasteiger partial charge in [-0.3, -0.25) is 4.68 Å². The van der Waals surface area contributed by atoms with E-state index in [9.17, 15) is 13.2 Å². The van der Waals surface area contributed by atoms with Gasteiger partial charge in [-0.15, -0.1) is 13.2 Å². The Morgan fingerprint density at radius 3 is 2.48 bits per heavy atom. The van der Waals surface area contributed by atoms with Gasteiger partial charge in [-0.05, 0) is 24.1 Å². The number of halogens is 3. The molecule has 0 radical (unpaired) electrons. The molecule has 21 heavy (non-hydrogen) atoms. The molecule has 1 aromatic carbocycles. The normalized spacial score (nSPS) is 13.2. The molecule has 2 aromatic rings. The number of hydrogen-bond donors (Lipinski definition) is 1. The molecule has 1 heterocycles. The van der Waals surface area contributed by atoms with Crippen LogP contribution >= 0.6 is 0 Å². The summed E-state index contributed by atoms with van der Waals surface area (Å²) in [6.45, 7) is 2.84. The molecule has 0 saturated carbocycles. The Balaban J connectivity index is 2.10. The molecular formula is C14H16F3N3O. The number of benzene rings is 1. The summed E-state index contributed by atoms with van der Waals surface area (Å²) in [6.07, 6.45) is -0.223. The lowest BCUT2D eigenvalue weighted by molar-refractivity contribution is -0.274. The number of nitrogens with two attached hydrogens (primary N) is 1. The van der Waals surface area contributed by atoms with Crippen molar-refractivity contribution in [2.45, 2.75) is 32.3 Å². The summed E-state index contributed by atoms with van der Waals surface area (Å²) in [7, 11) is 0. The molecule has 0 bridgehead atoms. The van der Waals surface area contributed by atoms with Crippen LogP contribution in [-0.4, -0.2) is 16.1 Å². The first-order valence-corrected chi connectivity index (χ1v) is 6.52. The van der Waals surface area contributed by atoms with Crippen molar-refractivity contribution in [3.63, 3.8) is 0 Å². The van der Waals surface area contributed by atoms with E-state index in [4.69, 9.17) is 5.73 Å². The largest absolute Gasteiger partial charge is 0.573 e. The summed E-state index contributed by atoms with van der Waals surface area (Å²) >= 11 is 0. The van der Waals surface area contributed by atoms with Crippen LogP contribution in [-0.2, 0) is 6.54 Å². The highest BCUT2D eigenvalue weighted by molar-refractivity contribution is 5.33. The monoisotopic (exact) mass is 299 g/mol. The fourth-order valence-electron chi connectivity index (χ4n) is 1.96. The Hall–Kier alpha value is -2.02. The van der Waals surface area contributed by atoms with E-state index in [1.807, 2.05) is 13.1 Å². The van der Waals surface area contributed by atoms with Crippen molar-refractivity contribution in [1.29, 1.82) is 0 Å². The highest BCUT2D eigenvalue weighted by atomic mass is 19.4. The van der Waals surface area contributed by atoms with Crippen LogP contribution in [0.15, 0.2) is 36.7 Å². The van der Waals surface area contributed by atoms with Crippen molar-refractivity contribution in [1.82, 2.24) is 9.78 Å². The maximum Gasteiger partial charge on any atom is 0.573 e. The van der Waals surface area contributed by atoms with Gasteiger partial charge in [0.05, 0.1) is 12.2 Å². The molecule has 0 aliphatic heterocycles. The van der Waals surface area contributed by atoms with Crippen LogP contribution in [0, 0.1) is 0 Å². The first kappa shape index (κ1) is 15.4. The quantitative estimate of drug-likeness (QED) is 0.922. The van der Waals surface area contributed by atoms with Gasteiger partial charge in [-0.2, -0.15) is 5.10 Å². The summed E-state index contributed by atoms with van der Waals surface area (Å²) in [6, 6.07) is 5.10. The lowest BCUT2D eigenvalue weighted by Crippen LogP contribution is -2.17. The van der Waals surface area contributed by atoms with Crippen LogP contribution in [0.5, 0.6) is 5.75 Å². The summed E-state index contributed by atoms with van der Waals surface area (Å²) in [5.41, 5.74) is 7.59. The van der Waals surface area contributed by atoms with Crippen molar-refractivity contribution < 1.29 is 17.9 Å². The highest BCUT2D eigenvalue weighted by Crippen LogP contribution is 2.25. The number of aryl methyl sites for hydroxylation is 1. The van der Waals surface area contributed by atoms with E-state index in [2.05, 4.69) is 9.84 Å². The first-order valence-electron chi connectivity index (χ1n) is 6.52. The topological polar surface area (TPSA) is 53.1 Å². The van der Waals surface area contributed by atoms with Gasteiger partial charge in [0.1, 0.15) is 5.75 Å². The third kappa shape index (κ3) is 4.22. The molecule has 0 spiro atoms. The molecule has 0 aliphatic rings. The second kappa shape index (κ2) is 6.17. The SMILES string of the molecule is CCCn1cc(C(N)c2ccc(OC(F)(F)F)cc2)cn1. The van der Waals surface area contributed by atoms with E-state index in [0.29, 0.717) is 5.56 Å². The van der Waals surface area contributed by atoms with E-state index in [-0.39, 0.29) is 5.75 Å².